The van der Waals surface area contributed by atoms with Gasteiger partial charge in [0.2, 0.25) is 0 Å². The van der Waals surface area contributed by atoms with Gasteiger partial charge in [0.25, 0.3) is 0 Å². The molecule has 0 saturated carbocycles. The number of rotatable bonds is 5. The van der Waals surface area contributed by atoms with Crippen LogP contribution in [0.1, 0.15) is 43.7 Å². The van der Waals surface area contributed by atoms with E-state index < -0.39 is 0 Å². The molecule has 17 heavy (non-hydrogen) atoms. The highest BCUT2D eigenvalue weighted by molar-refractivity contribution is 7.10. The lowest BCUT2D eigenvalue weighted by Gasteiger charge is -2.38. The van der Waals surface area contributed by atoms with Crippen LogP contribution in [0.3, 0.4) is 0 Å². The van der Waals surface area contributed by atoms with Crippen LogP contribution >= 0.6 is 11.3 Å². The van der Waals surface area contributed by atoms with E-state index in [0.29, 0.717) is 12.1 Å². The summed E-state index contributed by atoms with van der Waals surface area (Å²) in [5.41, 5.74) is 1.57. The van der Waals surface area contributed by atoms with Crippen molar-refractivity contribution in [1.82, 2.24) is 10.2 Å². The van der Waals surface area contributed by atoms with Crippen LogP contribution < -0.4 is 5.32 Å². The molecule has 0 radical (unpaired) electrons. The smallest absolute Gasteiger partial charge is 0.0333 e. The van der Waals surface area contributed by atoms with Crippen molar-refractivity contribution in [2.24, 2.45) is 0 Å². The first kappa shape index (κ1) is 13.1. The van der Waals surface area contributed by atoms with Crippen molar-refractivity contribution >= 4 is 11.3 Å². The minimum absolute atomic E-state index is 0.599. The van der Waals surface area contributed by atoms with E-state index in [-0.39, 0.29) is 0 Å². The van der Waals surface area contributed by atoms with Crippen molar-refractivity contribution in [2.75, 3.05) is 19.6 Å². The van der Waals surface area contributed by atoms with Gasteiger partial charge >= 0.3 is 0 Å². The van der Waals surface area contributed by atoms with E-state index >= 15 is 0 Å². The highest BCUT2D eigenvalue weighted by Crippen LogP contribution is 2.34. The summed E-state index contributed by atoms with van der Waals surface area (Å²) in [6.45, 7) is 10.3. The van der Waals surface area contributed by atoms with Crippen LogP contribution in [-0.4, -0.2) is 30.6 Å². The molecular weight excluding hydrogens is 228 g/mol. The minimum Gasteiger partial charge on any atom is -0.317 e. The second-order valence-corrected chi connectivity index (χ2v) is 5.95. The third-order valence-corrected chi connectivity index (χ3v) is 4.88. The van der Waals surface area contributed by atoms with Crippen LogP contribution in [0.15, 0.2) is 11.4 Å². The normalized spacial score (nSPS) is 22.4. The number of fused-ring (bicyclic) bond motifs is 1. The first-order valence-corrected chi connectivity index (χ1v) is 7.64. The second kappa shape index (κ2) is 5.98. The Hall–Kier alpha value is -0.380. The molecule has 2 atom stereocenters. The number of hydrogen-bond acceptors (Lipinski definition) is 3. The SMILES string of the molecule is CCNCCC(C)N1CCc2sccc2C1C. The highest BCUT2D eigenvalue weighted by atomic mass is 32.1. The summed E-state index contributed by atoms with van der Waals surface area (Å²) in [6, 6.07) is 3.59. The molecule has 2 heterocycles. The summed E-state index contributed by atoms with van der Waals surface area (Å²) in [6.07, 6.45) is 2.49. The Morgan fingerprint density at radius 2 is 2.41 bits per heavy atom. The molecule has 2 nitrogen and oxygen atoms in total. The van der Waals surface area contributed by atoms with Gasteiger partial charge in [0.05, 0.1) is 0 Å². The fraction of sp³-hybridized carbons (Fsp3) is 0.714. The molecule has 1 N–H and O–H groups in total. The summed E-state index contributed by atoms with van der Waals surface area (Å²) in [4.78, 5) is 4.26. The zero-order valence-electron chi connectivity index (χ0n) is 11.2. The van der Waals surface area contributed by atoms with Crippen LogP contribution in [0.2, 0.25) is 0 Å². The Labute approximate surface area is 109 Å². The Kier molecular flexibility index (Phi) is 4.60. The van der Waals surface area contributed by atoms with Gasteiger partial charge < -0.3 is 5.32 Å². The van der Waals surface area contributed by atoms with E-state index in [4.69, 9.17) is 0 Å². The molecule has 96 valence electrons. The lowest BCUT2D eigenvalue weighted by Crippen LogP contribution is -2.41. The largest absolute Gasteiger partial charge is 0.317 e. The maximum absolute atomic E-state index is 3.42. The molecule has 2 unspecified atom stereocenters. The third-order valence-electron chi connectivity index (χ3n) is 3.88. The van der Waals surface area contributed by atoms with Gasteiger partial charge in [0.15, 0.2) is 0 Å². The summed E-state index contributed by atoms with van der Waals surface area (Å²) >= 11 is 1.93. The predicted molar refractivity (Wildman–Crippen MR) is 75.8 cm³/mol. The maximum atomic E-state index is 3.42. The molecule has 0 fully saturated rings. The quantitative estimate of drug-likeness (QED) is 0.810. The van der Waals surface area contributed by atoms with E-state index in [0.717, 1.165) is 13.1 Å². The number of nitrogens with one attached hydrogen (secondary N) is 1. The molecule has 2 rings (SSSR count). The molecule has 0 amide bonds. The molecule has 3 heteroatoms. The molecule has 0 aromatic carbocycles. The van der Waals surface area contributed by atoms with E-state index in [1.807, 2.05) is 11.3 Å². The van der Waals surface area contributed by atoms with E-state index in [1.54, 1.807) is 10.4 Å². The van der Waals surface area contributed by atoms with Crippen molar-refractivity contribution in [3.8, 4) is 0 Å². The Balaban J connectivity index is 1.94. The monoisotopic (exact) mass is 252 g/mol. The van der Waals surface area contributed by atoms with Gasteiger partial charge in [0, 0.05) is 23.5 Å². The zero-order chi connectivity index (χ0) is 12.3. The zero-order valence-corrected chi connectivity index (χ0v) is 12.0. The van der Waals surface area contributed by atoms with Gasteiger partial charge in [-0.3, -0.25) is 4.90 Å². The van der Waals surface area contributed by atoms with Gasteiger partial charge in [-0.25, -0.2) is 0 Å². The third kappa shape index (κ3) is 2.90. The number of nitrogens with zero attached hydrogens (tertiary/aromatic N) is 1. The molecular formula is C14H24N2S. The highest BCUT2D eigenvalue weighted by Gasteiger charge is 2.27. The Morgan fingerprint density at radius 3 is 3.18 bits per heavy atom. The second-order valence-electron chi connectivity index (χ2n) is 4.95. The first-order chi connectivity index (χ1) is 8.24. The van der Waals surface area contributed by atoms with E-state index in [9.17, 15) is 0 Å². The lowest BCUT2D eigenvalue weighted by molar-refractivity contribution is 0.138. The standard InChI is InChI=1S/C14H24N2S/c1-4-15-8-5-11(2)16-9-6-14-13(12(16)3)7-10-17-14/h7,10-12,15H,4-6,8-9H2,1-3H3. The average molecular weight is 252 g/mol. The summed E-state index contributed by atoms with van der Waals surface area (Å²) in [5.74, 6) is 0. The van der Waals surface area contributed by atoms with Crippen molar-refractivity contribution in [3.05, 3.63) is 21.9 Å². The van der Waals surface area contributed by atoms with Crippen LogP contribution in [0.5, 0.6) is 0 Å². The number of thiophene rings is 1. The summed E-state index contributed by atoms with van der Waals surface area (Å²) < 4.78 is 0. The predicted octanol–water partition coefficient (Wildman–Crippen LogP) is 3.06. The molecule has 1 aliphatic heterocycles. The van der Waals surface area contributed by atoms with Crippen LogP contribution in [0, 0.1) is 0 Å². The molecule has 1 aromatic rings. The van der Waals surface area contributed by atoms with Gasteiger partial charge in [0.1, 0.15) is 0 Å². The van der Waals surface area contributed by atoms with Crippen LogP contribution in [0.25, 0.3) is 0 Å². The van der Waals surface area contributed by atoms with Crippen LogP contribution in [-0.2, 0) is 6.42 Å². The van der Waals surface area contributed by atoms with Gasteiger partial charge in [-0.2, -0.15) is 0 Å². The Bertz CT molecular complexity index is 348. The topological polar surface area (TPSA) is 15.3 Å². The minimum atomic E-state index is 0.599. The first-order valence-electron chi connectivity index (χ1n) is 6.76. The van der Waals surface area contributed by atoms with Gasteiger partial charge in [-0.15, -0.1) is 11.3 Å². The van der Waals surface area contributed by atoms with Gasteiger partial charge in [-0.1, -0.05) is 6.92 Å². The number of hydrogen-bond donors (Lipinski definition) is 1. The van der Waals surface area contributed by atoms with Crippen LogP contribution in [0.4, 0.5) is 0 Å². The summed E-state index contributed by atoms with van der Waals surface area (Å²) in [5, 5.41) is 5.67. The lowest BCUT2D eigenvalue weighted by atomic mass is 9.99. The Morgan fingerprint density at radius 1 is 1.59 bits per heavy atom. The van der Waals surface area contributed by atoms with Crippen molar-refractivity contribution < 1.29 is 0 Å². The van der Waals surface area contributed by atoms with Crippen molar-refractivity contribution in [3.63, 3.8) is 0 Å². The molecule has 1 aliphatic rings. The molecule has 0 spiro atoms. The maximum Gasteiger partial charge on any atom is 0.0333 e. The van der Waals surface area contributed by atoms with E-state index in [1.165, 1.54) is 19.4 Å². The van der Waals surface area contributed by atoms with E-state index in [2.05, 4.69) is 42.4 Å². The molecule has 0 saturated heterocycles. The molecule has 0 aliphatic carbocycles. The molecule has 0 bridgehead atoms. The fourth-order valence-corrected chi connectivity index (χ4v) is 3.75. The average Bonchev–Trinajstić information content (AvgIpc) is 2.78. The summed E-state index contributed by atoms with van der Waals surface area (Å²) in [7, 11) is 0. The van der Waals surface area contributed by atoms with Crippen molar-refractivity contribution in [1.29, 1.82) is 0 Å². The van der Waals surface area contributed by atoms with Crippen molar-refractivity contribution in [2.45, 2.75) is 45.7 Å². The molecule has 1 aromatic heterocycles. The van der Waals surface area contributed by atoms with Gasteiger partial charge in [-0.05, 0) is 56.8 Å². The fourth-order valence-electron chi connectivity index (χ4n) is 2.78.